The number of hydrogen-bond acceptors (Lipinski definition) is 1. The minimum absolute atomic E-state index is 1.11. The molecule has 226 valence electrons. The van der Waals surface area contributed by atoms with Crippen LogP contribution in [0.15, 0.2) is 158 Å². The Hall–Kier alpha value is -6.65. The Morgan fingerprint density at radius 2 is 1.06 bits per heavy atom. The number of hydrogen-bond donors (Lipinski definition) is 0. The largest absolute Gasteiger partial charge is 0.309 e. The van der Waals surface area contributed by atoms with Crippen molar-refractivity contribution in [1.29, 1.82) is 0 Å². The number of rotatable bonds is 2. The van der Waals surface area contributed by atoms with Gasteiger partial charge in [-0.25, -0.2) is 0 Å². The average molecular weight is 623 g/mol. The molecule has 0 unspecified atom stereocenters. The first-order valence-corrected chi connectivity index (χ1v) is 16.8. The van der Waals surface area contributed by atoms with Gasteiger partial charge in [0.05, 0.1) is 44.8 Å². The molecule has 0 N–H and O–H groups in total. The molecule has 4 heteroatoms. The molecule has 0 bridgehead atoms. The van der Waals surface area contributed by atoms with Crippen LogP contribution in [0.1, 0.15) is 0 Å². The molecule has 0 aliphatic carbocycles. The number of benzene rings is 7. The molecule has 0 aliphatic rings. The lowest BCUT2D eigenvalue weighted by Crippen LogP contribution is -1.96. The van der Waals surface area contributed by atoms with E-state index in [0.29, 0.717) is 0 Å². The second-order valence-electron chi connectivity index (χ2n) is 13.2. The first-order valence-electron chi connectivity index (χ1n) is 16.8. The standard InChI is InChI=1S/C45H26N4/c1-2-11-28(12-3-1)47-40-21-19-29(24-35(40)33-22-23-46-26-41(33)47)48-38-16-8-6-14-31(38)36-25-37-32-15-7-9-17-39(32)49-43-30-13-5-4-10-27(30)18-20-34(43)42(44(36)48)45(37)49/h1-26H. The summed E-state index contributed by atoms with van der Waals surface area (Å²) in [6.07, 6.45) is 3.89. The Labute approximate surface area is 279 Å². The number of pyridine rings is 1. The fourth-order valence-corrected chi connectivity index (χ4v) is 8.88. The van der Waals surface area contributed by atoms with Gasteiger partial charge in [0, 0.05) is 66.0 Å². The Bertz CT molecular complexity index is 3320. The summed E-state index contributed by atoms with van der Waals surface area (Å²) in [4.78, 5) is 4.54. The Kier molecular flexibility index (Phi) is 4.69. The van der Waals surface area contributed by atoms with Gasteiger partial charge in [-0.2, -0.15) is 0 Å². The van der Waals surface area contributed by atoms with Crippen molar-refractivity contribution in [3.63, 3.8) is 0 Å². The van der Waals surface area contributed by atoms with Gasteiger partial charge in [0.25, 0.3) is 0 Å². The zero-order chi connectivity index (χ0) is 31.8. The molecule has 0 fully saturated rings. The highest BCUT2D eigenvalue weighted by molar-refractivity contribution is 6.36. The maximum Gasteiger partial charge on any atom is 0.0724 e. The van der Waals surface area contributed by atoms with Gasteiger partial charge in [0.15, 0.2) is 0 Å². The molecular formula is C45H26N4. The summed E-state index contributed by atoms with van der Waals surface area (Å²) in [5, 5.41) is 12.7. The van der Waals surface area contributed by atoms with Crippen LogP contribution in [0.25, 0.3) is 104 Å². The summed E-state index contributed by atoms with van der Waals surface area (Å²) in [6.45, 7) is 0. The van der Waals surface area contributed by atoms with Crippen LogP contribution in [0.2, 0.25) is 0 Å². The van der Waals surface area contributed by atoms with E-state index in [-0.39, 0.29) is 0 Å². The minimum atomic E-state index is 1.11. The molecule has 49 heavy (non-hydrogen) atoms. The maximum atomic E-state index is 4.54. The lowest BCUT2D eigenvalue weighted by atomic mass is 10.0. The van der Waals surface area contributed by atoms with E-state index >= 15 is 0 Å². The first kappa shape index (κ1) is 25.4. The van der Waals surface area contributed by atoms with Crippen molar-refractivity contribution >= 4 is 92.5 Å². The van der Waals surface area contributed by atoms with Crippen molar-refractivity contribution in [2.45, 2.75) is 0 Å². The quantitative estimate of drug-likeness (QED) is 0.188. The molecule has 0 spiro atoms. The molecule has 4 nitrogen and oxygen atoms in total. The van der Waals surface area contributed by atoms with E-state index in [0.717, 1.165) is 16.9 Å². The van der Waals surface area contributed by atoms with Gasteiger partial charge in [0.2, 0.25) is 0 Å². The van der Waals surface area contributed by atoms with E-state index in [1.54, 1.807) is 0 Å². The zero-order valence-corrected chi connectivity index (χ0v) is 26.3. The van der Waals surface area contributed by atoms with Crippen molar-refractivity contribution in [3.05, 3.63) is 158 Å². The van der Waals surface area contributed by atoms with Gasteiger partial charge in [-0.05, 0) is 60.0 Å². The molecular weight excluding hydrogens is 597 g/mol. The van der Waals surface area contributed by atoms with Crippen LogP contribution in [0.5, 0.6) is 0 Å². The third-order valence-electron chi connectivity index (χ3n) is 10.8. The SMILES string of the molecule is c1ccc(-n2c3ccc(-n4c5ccccc5c5cc6c7ccccc7n7c8c9ccccc9ccc8c(c54)c67)cc3c3ccncc32)cc1. The summed E-state index contributed by atoms with van der Waals surface area (Å²) in [5.41, 5.74) is 10.8. The van der Waals surface area contributed by atoms with Gasteiger partial charge in [-0.15, -0.1) is 0 Å². The van der Waals surface area contributed by atoms with Crippen LogP contribution in [-0.4, -0.2) is 18.5 Å². The van der Waals surface area contributed by atoms with Crippen LogP contribution in [0.3, 0.4) is 0 Å². The molecule has 0 atom stereocenters. The number of para-hydroxylation sites is 3. The Morgan fingerprint density at radius 3 is 1.94 bits per heavy atom. The highest BCUT2D eigenvalue weighted by Crippen LogP contribution is 2.48. The second kappa shape index (κ2) is 9.03. The van der Waals surface area contributed by atoms with Crippen molar-refractivity contribution in [2.75, 3.05) is 0 Å². The van der Waals surface area contributed by atoms with Crippen LogP contribution in [-0.2, 0) is 0 Å². The Morgan fingerprint density at radius 1 is 0.367 bits per heavy atom. The molecule has 0 saturated carbocycles. The van der Waals surface area contributed by atoms with E-state index in [1.165, 1.54) is 87.0 Å². The van der Waals surface area contributed by atoms with E-state index in [4.69, 9.17) is 0 Å². The van der Waals surface area contributed by atoms with E-state index < -0.39 is 0 Å². The predicted molar refractivity (Wildman–Crippen MR) is 205 cm³/mol. The summed E-state index contributed by atoms with van der Waals surface area (Å²) >= 11 is 0. The lowest BCUT2D eigenvalue weighted by molar-refractivity contribution is 1.16. The van der Waals surface area contributed by atoms with Crippen LogP contribution in [0.4, 0.5) is 0 Å². The smallest absolute Gasteiger partial charge is 0.0724 e. The van der Waals surface area contributed by atoms with E-state index in [2.05, 4.69) is 164 Å². The highest BCUT2D eigenvalue weighted by Gasteiger charge is 2.25. The fraction of sp³-hybridized carbons (Fsp3) is 0. The van der Waals surface area contributed by atoms with Crippen molar-refractivity contribution in [2.24, 2.45) is 0 Å². The minimum Gasteiger partial charge on any atom is -0.309 e. The van der Waals surface area contributed by atoms with Gasteiger partial charge in [0.1, 0.15) is 0 Å². The number of nitrogens with zero attached hydrogens (tertiary/aromatic N) is 4. The monoisotopic (exact) mass is 622 g/mol. The summed E-state index contributed by atoms with van der Waals surface area (Å²) in [7, 11) is 0. The summed E-state index contributed by atoms with van der Waals surface area (Å²) in [5.74, 6) is 0. The van der Waals surface area contributed by atoms with Crippen LogP contribution >= 0.6 is 0 Å². The second-order valence-corrected chi connectivity index (χ2v) is 13.2. The Balaban J connectivity index is 1.30. The third-order valence-corrected chi connectivity index (χ3v) is 10.8. The van der Waals surface area contributed by atoms with E-state index in [1.807, 2.05) is 12.4 Å². The molecule has 5 heterocycles. The average Bonchev–Trinajstić information content (AvgIpc) is 3.89. The summed E-state index contributed by atoms with van der Waals surface area (Å²) < 4.78 is 7.37. The molecule has 0 saturated heterocycles. The fourth-order valence-electron chi connectivity index (χ4n) is 8.88. The van der Waals surface area contributed by atoms with Gasteiger partial charge in [-0.3, -0.25) is 4.98 Å². The lowest BCUT2D eigenvalue weighted by Gasteiger charge is -2.11. The molecule has 0 radical (unpaired) electrons. The van der Waals surface area contributed by atoms with Gasteiger partial charge < -0.3 is 13.5 Å². The van der Waals surface area contributed by atoms with E-state index in [9.17, 15) is 0 Å². The van der Waals surface area contributed by atoms with Crippen molar-refractivity contribution in [3.8, 4) is 11.4 Å². The third kappa shape index (κ3) is 3.12. The molecule has 12 rings (SSSR count). The van der Waals surface area contributed by atoms with Crippen molar-refractivity contribution < 1.29 is 0 Å². The van der Waals surface area contributed by atoms with Gasteiger partial charge >= 0.3 is 0 Å². The normalized spacial score (nSPS) is 12.5. The molecule has 0 aliphatic heterocycles. The molecule has 5 aromatic heterocycles. The molecule has 7 aromatic carbocycles. The molecule has 0 amide bonds. The first-order chi connectivity index (χ1) is 24.3. The highest BCUT2D eigenvalue weighted by atomic mass is 15.0. The predicted octanol–water partition coefficient (Wildman–Crippen LogP) is 11.6. The topological polar surface area (TPSA) is 27.2 Å². The number of aromatic nitrogens is 4. The maximum absolute atomic E-state index is 4.54. The van der Waals surface area contributed by atoms with Gasteiger partial charge in [-0.1, -0.05) is 91.0 Å². The van der Waals surface area contributed by atoms with Crippen LogP contribution in [0, 0.1) is 0 Å². The molecule has 12 aromatic rings. The zero-order valence-electron chi connectivity index (χ0n) is 26.3. The summed E-state index contributed by atoms with van der Waals surface area (Å²) in [6, 6.07) is 53.4. The number of fused-ring (bicyclic) bond motifs is 15. The van der Waals surface area contributed by atoms with Crippen molar-refractivity contribution in [1.82, 2.24) is 18.5 Å². The van der Waals surface area contributed by atoms with Crippen LogP contribution < -0.4 is 0 Å².